The largest absolute Gasteiger partial charge is 0.365 e. The number of thiophene rings is 1. The van der Waals surface area contributed by atoms with Crippen molar-refractivity contribution in [3.8, 4) is 0 Å². The van der Waals surface area contributed by atoms with E-state index in [0.29, 0.717) is 21.2 Å². The molecule has 0 spiro atoms. The van der Waals surface area contributed by atoms with Gasteiger partial charge in [-0.25, -0.2) is 4.68 Å². The van der Waals surface area contributed by atoms with E-state index < -0.39 is 18.4 Å². The average Bonchev–Trinajstić information content (AvgIpc) is 3.17. The molecule has 3 N–H and O–H groups in total. The topological polar surface area (TPSA) is 90.0 Å². The van der Waals surface area contributed by atoms with Crippen LogP contribution in [0.4, 0.5) is 13.8 Å². The van der Waals surface area contributed by atoms with Gasteiger partial charge < -0.3 is 11.1 Å². The molecule has 2 amide bonds. The Labute approximate surface area is 159 Å². The van der Waals surface area contributed by atoms with Crippen molar-refractivity contribution in [3.63, 3.8) is 0 Å². The number of halogens is 2. The van der Waals surface area contributed by atoms with Crippen molar-refractivity contribution in [2.45, 2.75) is 46.6 Å². The molecule has 2 aromatic heterocycles. The van der Waals surface area contributed by atoms with E-state index >= 15 is 0 Å². The predicted octanol–water partition coefficient (Wildman–Crippen LogP) is 3.84. The zero-order valence-electron chi connectivity index (χ0n) is 15.4. The fourth-order valence-corrected chi connectivity index (χ4v) is 4.74. The van der Waals surface area contributed by atoms with Crippen molar-refractivity contribution in [2.24, 2.45) is 17.1 Å². The van der Waals surface area contributed by atoms with Gasteiger partial charge in [-0.2, -0.15) is 13.9 Å². The third-order valence-electron chi connectivity index (χ3n) is 5.00. The van der Waals surface area contributed by atoms with Crippen LogP contribution in [-0.4, -0.2) is 21.6 Å². The van der Waals surface area contributed by atoms with Gasteiger partial charge in [0.05, 0.1) is 5.56 Å². The number of anilines is 1. The minimum Gasteiger partial charge on any atom is -0.365 e. The molecule has 2 heterocycles. The van der Waals surface area contributed by atoms with Crippen molar-refractivity contribution >= 4 is 28.2 Å². The minimum absolute atomic E-state index is 0.139. The maximum atomic E-state index is 12.6. The van der Waals surface area contributed by atoms with Crippen molar-refractivity contribution in [1.29, 1.82) is 0 Å². The lowest BCUT2D eigenvalue weighted by atomic mass is 9.72. The highest BCUT2D eigenvalue weighted by atomic mass is 32.1. The van der Waals surface area contributed by atoms with Crippen molar-refractivity contribution in [1.82, 2.24) is 9.78 Å². The molecular weight excluding hydrogens is 374 g/mol. The van der Waals surface area contributed by atoms with Crippen LogP contribution in [0.2, 0.25) is 0 Å². The van der Waals surface area contributed by atoms with Crippen LogP contribution in [-0.2, 0) is 12.8 Å². The second-order valence-corrected chi connectivity index (χ2v) is 8.90. The SMILES string of the molecule is CC(C)(C)[C@H]1CCc2c(sc(NC(=O)c3ccn(C(F)F)n3)c2C(N)=O)C1. The lowest BCUT2D eigenvalue weighted by Gasteiger charge is -2.33. The van der Waals surface area contributed by atoms with Crippen LogP contribution in [0.5, 0.6) is 0 Å². The summed E-state index contributed by atoms with van der Waals surface area (Å²) in [6, 6.07) is 1.20. The molecular formula is C18H22F2N4O2S. The third-order valence-corrected chi connectivity index (χ3v) is 6.17. The molecule has 2 aromatic rings. The summed E-state index contributed by atoms with van der Waals surface area (Å²) in [6.07, 6.45) is 3.52. The number of amides is 2. The standard InChI is InChI=1S/C18H22F2N4O2S/c1-18(2,3)9-4-5-10-12(8-9)27-16(13(10)14(21)25)22-15(26)11-6-7-24(23-11)17(19)20/h6-7,9,17H,4-5,8H2,1-3H3,(H2,21,25)(H,22,26)/t9-/m0/s1. The minimum atomic E-state index is -2.82. The molecule has 27 heavy (non-hydrogen) atoms. The normalized spacial score (nSPS) is 17.0. The average molecular weight is 396 g/mol. The predicted molar refractivity (Wildman–Crippen MR) is 99.2 cm³/mol. The first-order chi connectivity index (χ1) is 12.6. The number of hydrogen-bond acceptors (Lipinski definition) is 4. The Morgan fingerprint density at radius 1 is 1.41 bits per heavy atom. The number of nitrogens with one attached hydrogen (secondary N) is 1. The number of carbonyl (C=O) groups excluding carboxylic acids is 2. The molecule has 0 saturated carbocycles. The molecule has 1 atom stereocenters. The van der Waals surface area contributed by atoms with Gasteiger partial charge in [0, 0.05) is 11.1 Å². The first kappa shape index (κ1) is 19.5. The maximum Gasteiger partial charge on any atom is 0.333 e. The number of fused-ring (bicyclic) bond motifs is 1. The molecule has 146 valence electrons. The van der Waals surface area contributed by atoms with Crippen LogP contribution in [0.1, 0.15) is 65.0 Å². The number of primary amides is 1. The molecule has 0 unspecified atom stereocenters. The molecule has 0 fully saturated rings. The summed E-state index contributed by atoms with van der Waals surface area (Å²) in [6.45, 7) is 3.74. The molecule has 0 aliphatic heterocycles. The highest BCUT2D eigenvalue weighted by Crippen LogP contribution is 2.44. The van der Waals surface area contributed by atoms with Gasteiger partial charge in [0.25, 0.3) is 11.8 Å². The second kappa shape index (κ2) is 7.03. The van der Waals surface area contributed by atoms with E-state index in [9.17, 15) is 18.4 Å². The first-order valence-corrected chi connectivity index (χ1v) is 9.48. The maximum absolute atomic E-state index is 12.6. The lowest BCUT2D eigenvalue weighted by Crippen LogP contribution is -2.27. The highest BCUT2D eigenvalue weighted by molar-refractivity contribution is 7.17. The molecule has 0 saturated heterocycles. The van der Waals surface area contributed by atoms with E-state index in [0.717, 1.165) is 35.9 Å². The fraction of sp³-hybridized carbons (Fsp3) is 0.500. The van der Waals surface area contributed by atoms with E-state index in [2.05, 4.69) is 31.2 Å². The number of alkyl halides is 2. The van der Waals surface area contributed by atoms with Gasteiger partial charge >= 0.3 is 6.55 Å². The number of carbonyl (C=O) groups is 2. The molecule has 3 rings (SSSR count). The fourth-order valence-electron chi connectivity index (χ4n) is 3.41. The van der Waals surface area contributed by atoms with E-state index in [1.54, 1.807) is 0 Å². The highest BCUT2D eigenvalue weighted by Gasteiger charge is 2.33. The third kappa shape index (κ3) is 3.87. The molecule has 1 aliphatic rings. The number of nitrogens with zero attached hydrogens (tertiary/aromatic N) is 2. The van der Waals surface area contributed by atoms with E-state index in [4.69, 9.17) is 5.73 Å². The summed E-state index contributed by atoms with van der Waals surface area (Å²) >= 11 is 1.33. The van der Waals surface area contributed by atoms with E-state index in [-0.39, 0.29) is 11.1 Å². The summed E-state index contributed by atoms with van der Waals surface area (Å²) in [5.74, 6) is -0.785. The lowest BCUT2D eigenvalue weighted by molar-refractivity contribution is 0.0561. The van der Waals surface area contributed by atoms with Gasteiger partial charge in [-0.3, -0.25) is 9.59 Å². The van der Waals surface area contributed by atoms with Gasteiger partial charge in [-0.15, -0.1) is 11.3 Å². The van der Waals surface area contributed by atoms with Crippen LogP contribution in [0, 0.1) is 11.3 Å². The Hall–Kier alpha value is -2.29. The van der Waals surface area contributed by atoms with Crippen LogP contribution in [0.15, 0.2) is 12.3 Å². The van der Waals surface area contributed by atoms with Crippen LogP contribution < -0.4 is 11.1 Å². The van der Waals surface area contributed by atoms with Gasteiger partial charge in [-0.1, -0.05) is 20.8 Å². The Morgan fingerprint density at radius 2 is 2.11 bits per heavy atom. The van der Waals surface area contributed by atoms with Crippen LogP contribution in [0.3, 0.4) is 0 Å². The summed E-state index contributed by atoms with van der Waals surface area (Å²) < 4.78 is 25.7. The second-order valence-electron chi connectivity index (χ2n) is 7.79. The van der Waals surface area contributed by atoms with Gasteiger partial charge in [0.1, 0.15) is 5.00 Å². The zero-order valence-corrected chi connectivity index (χ0v) is 16.2. The van der Waals surface area contributed by atoms with Crippen molar-refractivity contribution < 1.29 is 18.4 Å². The van der Waals surface area contributed by atoms with Crippen LogP contribution >= 0.6 is 11.3 Å². The van der Waals surface area contributed by atoms with Gasteiger partial charge in [0.15, 0.2) is 5.69 Å². The summed E-state index contributed by atoms with van der Waals surface area (Å²) in [4.78, 5) is 25.4. The Bertz CT molecular complexity index is 883. The van der Waals surface area contributed by atoms with E-state index in [1.165, 1.54) is 17.4 Å². The van der Waals surface area contributed by atoms with Crippen molar-refractivity contribution in [3.05, 3.63) is 34.0 Å². The molecule has 0 bridgehead atoms. The summed E-state index contributed by atoms with van der Waals surface area (Å²) in [5, 5.41) is 6.54. The number of rotatable bonds is 4. The Morgan fingerprint density at radius 3 is 2.67 bits per heavy atom. The Kier molecular flexibility index (Phi) is 5.07. The smallest absolute Gasteiger partial charge is 0.333 e. The monoisotopic (exact) mass is 396 g/mol. The Balaban J connectivity index is 1.88. The number of nitrogens with two attached hydrogens (primary N) is 1. The molecule has 9 heteroatoms. The summed E-state index contributed by atoms with van der Waals surface area (Å²) in [5.41, 5.74) is 6.76. The number of hydrogen-bond donors (Lipinski definition) is 2. The summed E-state index contributed by atoms with van der Waals surface area (Å²) in [7, 11) is 0. The molecule has 0 radical (unpaired) electrons. The quantitative estimate of drug-likeness (QED) is 0.823. The van der Waals surface area contributed by atoms with Gasteiger partial charge in [-0.05, 0) is 42.2 Å². The molecule has 6 nitrogen and oxygen atoms in total. The number of aromatic nitrogens is 2. The van der Waals surface area contributed by atoms with E-state index in [1.807, 2.05) is 0 Å². The van der Waals surface area contributed by atoms with Crippen molar-refractivity contribution in [2.75, 3.05) is 5.32 Å². The molecule has 0 aromatic carbocycles. The van der Waals surface area contributed by atoms with Crippen LogP contribution in [0.25, 0.3) is 0 Å². The zero-order chi connectivity index (χ0) is 19.9. The first-order valence-electron chi connectivity index (χ1n) is 8.67. The molecule has 1 aliphatic carbocycles. The van der Waals surface area contributed by atoms with Gasteiger partial charge in [0.2, 0.25) is 0 Å².